The Bertz CT molecular complexity index is 1660. The van der Waals surface area contributed by atoms with E-state index in [0.717, 1.165) is 11.1 Å². The van der Waals surface area contributed by atoms with Crippen LogP contribution >= 0.6 is 0 Å². The number of carbonyl (C=O) groups excluding carboxylic acids is 1. The molecule has 1 atom stereocenters. The first kappa shape index (κ1) is 26.9. The number of hydrogen-bond donors (Lipinski definition) is 0. The number of methoxy groups -OCH3 is 3. The van der Waals surface area contributed by atoms with E-state index < -0.39 is 6.04 Å². The highest BCUT2D eigenvalue weighted by Crippen LogP contribution is 2.41. The van der Waals surface area contributed by atoms with Crippen molar-refractivity contribution in [2.45, 2.75) is 19.4 Å². The van der Waals surface area contributed by atoms with Gasteiger partial charge in [0.25, 0.3) is 5.91 Å². The Morgan fingerprint density at radius 1 is 0.900 bits per heavy atom. The van der Waals surface area contributed by atoms with Crippen LogP contribution in [-0.2, 0) is 6.42 Å². The smallest absolute Gasteiger partial charge is 0.290 e. The zero-order valence-corrected chi connectivity index (χ0v) is 23.0. The fourth-order valence-corrected chi connectivity index (χ4v) is 5.12. The van der Waals surface area contributed by atoms with E-state index in [9.17, 15) is 9.59 Å². The van der Waals surface area contributed by atoms with Gasteiger partial charge in [-0.2, -0.15) is 0 Å². The molecule has 0 saturated carbocycles. The van der Waals surface area contributed by atoms with Crippen molar-refractivity contribution < 1.29 is 28.2 Å². The molecule has 40 heavy (non-hydrogen) atoms. The maximum atomic E-state index is 13.9. The van der Waals surface area contributed by atoms with Gasteiger partial charge in [-0.3, -0.25) is 9.59 Å². The molecule has 1 aromatic heterocycles. The molecule has 0 aliphatic carbocycles. The minimum absolute atomic E-state index is 0.0598. The summed E-state index contributed by atoms with van der Waals surface area (Å²) in [4.78, 5) is 29.4. The van der Waals surface area contributed by atoms with E-state index in [2.05, 4.69) is 6.58 Å². The lowest BCUT2D eigenvalue weighted by molar-refractivity contribution is 0.0730. The lowest BCUT2D eigenvalue weighted by Crippen LogP contribution is -2.31. The molecule has 1 aliphatic heterocycles. The SMILES string of the molecule is C=CCOc1ccc(C2c3c(oc4ccc(C)cc4c3=O)C(=O)N2CCc2ccc(OC)c(OC)c2)cc1OC. The highest BCUT2D eigenvalue weighted by atomic mass is 16.5. The zero-order valence-electron chi connectivity index (χ0n) is 23.0. The Balaban J connectivity index is 1.61. The van der Waals surface area contributed by atoms with Gasteiger partial charge in [0.15, 0.2) is 28.4 Å². The molecule has 1 unspecified atom stereocenters. The van der Waals surface area contributed by atoms with Crippen molar-refractivity contribution in [1.29, 1.82) is 0 Å². The standard InChI is InChI=1S/C32H31NO7/c1-6-15-39-25-12-9-21(18-27(25)38-5)29-28-30(34)22-16-19(2)7-10-23(22)40-31(28)32(35)33(29)14-13-20-8-11-24(36-3)26(17-20)37-4/h6-12,16-18,29H,1,13-15H2,2-5H3. The third kappa shape index (κ3) is 4.77. The largest absolute Gasteiger partial charge is 0.493 e. The third-order valence-electron chi connectivity index (χ3n) is 7.07. The summed E-state index contributed by atoms with van der Waals surface area (Å²) in [5.41, 5.74) is 3.06. The molecule has 0 N–H and O–H groups in total. The number of amides is 1. The Hall–Kier alpha value is -4.72. The van der Waals surface area contributed by atoms with Crippen molar-refractivity contribution in [2.24, 2.45) is 0 Å². The van der Waals surface area contributed by atoms with Crippen LogP contribution in [0.4, 0.5) is 0 Å². The van der Waals surface area contributed by atoms with Crippen LogP contribution in [0, 0.1) is 6.92 Å². The number of carbonyl (C=O) groups is 1. The fraction of sp³-hybridized carbons (Fsp3) is 0.250. The highest BCUT2D eigenvalue weighted by molar-refractivity contribution is 5.99. The van der Waals surface area contributed by atoms with E-state index in [1.54, 1.807) is 56.6 Å². The molecule has 5 rings (SSSR count). The Labute approximate surface area is 232 Å². The summed E-state index contributed by atoms with van der Waals surface area (Å²) in [6, 6.07) is 15.8. The average Bonchev–Trinajstić information content (AvgIpc) is 3.26. The minimum Gasteiger partial charge on any atom is -0.493 e. The van der Waals surface area contributed by atoms with Crippen molar-refractivity contribution in [3.05, 3.63) is 105 Å². The number of ether oxygens (including phenoxy) is 4. The number of fused-ring (bicyclic) bond motifs is 2. The van der Waals surface area contributed by atoms with E-state index in [0.29, 0.717) is 64.7 Å². The predicted molar refractivity (Wildman–Crippen MR) is 152 cm³/mol. The first-order valence-corrected chi connectivity index (χ1v) is 12.9. The molecule has 1 amide bonds. The molecule has 1 aliphatic rings. The molecular formula is C32H31NO7. The molecule has 4 aromatic rings. The third-order valence-corrected chi connectivity index (χ3v) is 7.07. The monoisotopic (exact) mass is 541 g/mol. The van der Waals surface area contributed by atoms with Gasteiger partial charge >= 0.3 is 0 Å². The van der Waals surface area contributed by atoms with Gasteiger partial charge in [0, 0.05) is 6.54 Å². The lowest BCUT2D eigenvalue weighted by Gasteiger charge is -2.26. The normalized spacial score (nSPS) is 14.2. The minimum atomic E-state index is -0.675. The van der Waals surface area contributed by atoms with Gasteiger partial charge in [-0.05, 0) is 60.9 Å². The first-order chi connectivity index (χ1) is 19.4. The molecule has 8 heteroatoms. The second-order valence-electron chi connectivity index (χ2n) is 9.52. The molecule has 206 valence electrons. The van der Waals surface area contributed by atoms with Crippen LogP contribution in [0.5, 0.6) is 23.0 Å². The number of hydrogen-bond acceptors (Lipinski definition) is 7. The highest BCUT2D eigenvalue weighted by Gasteiger charge is 2.42. The van der Waals surface area contributed by atoms with E-state index in [4.69, 9.17) is 23.4 Å². The summed E-state index contributed by atoms with van der Waals surface area (Å²) in [7, 11) is 4.71. The van der Waals surface area contributed by atoms with Crippen LogP contribution in [0.1, 0.15) is 38.9 Å². The molecule has 0 fully saturated rings. The lowest BCUT2D eigenvalue weighted by atomic mass is 9.97. The fourth-order valence-electron chi connectivity index (χ4n) is 5.12. The van der Waals surface area contributed by atoms with Crippen LogP contribution in [0.25, 0.3) is 11.0 Å². The number of nitrogens with zero attached hydrogens (tertiary/aromatic N) is 1. The van der Waals surface area contributed by atoms with Crippen molar-refractivity contribution in [3.8, 4) is 23.0 Å². The van der Waals surface area contributed by atoms with Gasteiger partial charge < -0.3 is 28.3 Å². The number of rotatable bonds is 10. The van der Waals surface area contributed by atoms with E-state index in [1.807, 2.05) is 37.3 Å². The van der Waals surface area contributed by atoms with E-state index >= 15 is 0 Å². The van der Waals surface area contributed by atoms with Crippen molar-refractivity contribution in [3.63, 3.8) is 0 Å². The molecule has 0 bridgehead atoms. The molecule has 0 saturated heterocycles. The Morgan fingerprint density at radius 2 is 1.62 bits per heavy atom. The Kier molecular flexibility index (Phi) is 7.51. The maximum absolute atomic E-state index is 13.9. The van der Waals surface area contributed by atoms with E-state index in [1.165, 1.54) is 0 Å². The van der Waals surface area contributed by atoms with E-state index in [-0.39, 0.29) is 17.1 Å². The molecule has 8 nitrogen and oxygen atoms in total. The number of aryl methyl sites for hydroxylation is 1. The number of benzene rings is 3. The summed E-state index contributed by atoms with van der Waals surface area (Å²) >= 11 is 0. The second kappa shape index (κ2) is 11.2. The average molecular weight is 542 g/mol. The van der Waals surface area contributed by atoms with Gasteiger partial charge in [0.2, 0.25) is 5.76 Å². The molecule has 0 radical (unpaired) electrons. The summed E-state index contributed by atoms with van der Waals surface area (Å²) in [6.07, 6.45) is 2.16. The summed E-state index contributed by atoms with van der Waals surface area (Å²) in [5, 5.41) is 0.441. The molecule has 2 heterocycles. The van der Waals surface area contributed by atoms with Crippen LogP contribution < -0.4 is 24.4 Å². The summed E-state index contributed by atoms with van der Waals surface area (Å²) in [6.45, 7) is 6.25. The molecule has 0 spiro atoms. The quantitative estimate of drug-likeness (QED) is 0.246. The van der Waals surface area contributed by atoms with Gasteiger partial charge in [-0.25, -0.2) is 0 Å². The van der Waals surface area contributed by atoms with Crippen LogP contribution in [0.3, 0.4) is 0 Å². The van der Waals surface area contributed by atoms with Crippen molar-refractivity contribution >= 4 is 16.9 Å². The summed E-state index contributed by atoms with van der Waals surface area (Å²) in [5.74, 6) is 1.97. The van der Waals surface area contributed by atoms with Gasteiger partial charge in [0.1, 0.15) is 12.2 Å². The van der Waals surface area contributed by atoms with Crippen molar-refractivity contribution in [1.82, 2.24) is 4.90 Å². The second-order valence-corrected chi connectivity index (χ2v) is 9.52. The van der Waals surface area contributed by atoms with Crippen LogP contribution in [-0.4, -0.2) is 45.3 Å². The topological polar surface area (TPSA) is 87.4 Å². The Morgan fingerprint density at radius 3 is 2.35 bits per heavy atom. The summed E-state index contributed by atoms with van der Waals surface area (Å²) < 4.78 is 28.2. The molecule has 3 aromatic carbocycles. The van der Waals surface area contributed by atoms with Crippen LogP contribution in [0.2, 0.25) is 0 Å². The maximum Gasteiger partial charge on any atom is 0.290 e. The van der Waals surface area contributed by atoms with Crippen LogP contribution in [0.15, 0.2) is 76.5 Å². The van der Waals surface area contributed by atoms with Gasteiger partial charge in [0.05, 0.1) is 38.3 Å². The van der Waals surface area contributed by atoms with Crippen molar-refractivity contribution in [2.75, 3.05) is 34.5 Å². The molecular weight excluding hydrogens is 510 g/mol. The predicted octanol–water partition coefficient (Wildman–Crippen LogP) is 5.48. The van der Waals surface area contributed by atoms with Gasteiger partial charge in [-0.1, -0.05) is 36.4 Å². The zero-order chi connectivity index (χ0) is 28.4. The first-order valence-electron chi connectivity index (χ1n) is 12.9. The van der Waals surface area contributed by atoms with Gasteiger partial charge in [-0.15, -0.1) is 0 Å².